The van der Waals surface area contributed by atoms with Gasteiger partial charge in [-0.05, 0) is 18.6 Å². The van der Waals surface area contributed by atoms with Gasteiger partial charge in [0.2, 0.25) is 12.2 Å². The van der Waals surface area contributed by atoms with Crippen LogP contribution in [-0.2, 0) is 9.59 Å². The van der Waals surface area contributed by atoms with Crippen LogP contribution in [0.5, 0.6) is 0 Å². The number of hydrogen-bond acceptors (Lipinski definition) is 6. The number of carbonyl (C=O) groups excluding carboxylic acids is 4. The van der Waals surface area contributed by atoms with E-state index in [9.17, 15) is 24.4 Å². The number of amides is 4. The lowest BCUT2D eigenvalue weighted by Gasteiger charge is -2.28. The van der Waals surface area contributed by atoms with Crippen molar-refractivity contribution in [3.05, 3.63) is 36.1 Å². The molecule has 1 aromatic heterocycles. The fourth-order valence-corrected chi connectivity index (χ4v) is 3.31. The molecule has 0 saturated carbocycles. The van der Waals surface area contributed by atoms with Crippen molar-refractivity contribution in [1.82, 2.24) is 15.3 Å². The summed E-state index contributed by atoms with van der Waals surface area (Å²) in [6, 6.07) is 7.89. The van der Waals surface area contributed by atoms with Crippen LogP contribution in [0, 0.1) is 0 Å². The summed E-state index contributed by atoms with van der Waals surface area (Å²) in [7, 11) is 0. The molecule has 2 aromatic rings. The van der Waals surface area contributed by atoms with Gasteiger partial charge in [-0.25, -0.2) is 9.86 Å². The summed E-state index contributed by atoms with van der Waals surface area (Å²) in [5.41, 5.74) is -0.932. The molecule has 2 heterocycles. The molecule has 0 radical (unpaired) electrons. The van der Waals surface area contributed by atoms with Crippen LogP contribution in [0.4, 0.5) is 4.79 Å². The first-order valence-corrected chi connectivity index (χ1v) is 8.97. The second-order valence-corrected chi connectivity index (χ2v) is 6.78. The molecular weight excluding hydrogens is 366 g/mol. The lowest BCUT2D eigenvalue weighted by atomic mass is 9.92. The molecule has 3 rings (SSSR count). The van der Waals surface area contributed by atoms with Crippen molar-refractivity contribution in [3.63, 3.8) is 0 Å². The largest absolute Gasteiger partial charge is 0.453 e. The van der Waals surface area contributed by atoms with Crippen molar-refractivity contribution in [2.24, 2.45) is 0 Å². The number of unbranched alkanes of at least 4 members (excludes halogenated alkanes) is 1. The Hall–Kier alpha value is -3.20. The first-order valence-electron chi connectivity index (χ1n) is 8.97. The summed E-state index contributed by atoms with van der Waals surface area (Å²) in [6.45, 7) is 1.02. The molecule has 9 heteroatoms. The number of nitrogens with zero attached hydrogens (tertiary/aromatic N) is 2. The topological polar surface area (TPSA) is 120 Å². The van der Waals surface area contributed by atoms with E-state index in [1.54, 1.807) is 30.3 Å². The van der Waals surface area contributed by atoms with Gasteiger partial charge >= 0.3 is 6.03 Å². The number of benzene rings is 1. The van der Waals surface area contributed by atoms with E-state index in [1.165, 1.54) is 0 Å². The van der Waals surface area contributed by atoms with Gasteiger partial charge in [-0.2, -0.15) is 0 Å². The monoisotopic (exact) mass is 387 g/mol. The molecule has 0 spiro atoms. The molecule has 1 fully saturated rings. The third-order valence-electron chi connectivity index (χ3n) is 4.76. The van der Waals surface area contributed by atoms with Crippen LogP contribution in [0.1, 0.15) is 36.7 Å². The second kappa shape index (κ2) is 7.81. The van der Waals surface area contributed by atoms with Crippen molar-refractivity contribution in [1.29, 1.82) is 0 Å². The van der Waals surface area contributed by atoms with Gasteiger partial charge in [-0.3, -0.25) is 24.5 Å². The maximum atomic E-state index is 12.9. The standard InChI is InChI=1S/C19H21N3O6/c1-2-3-8-19(11-21(27)12-23)17(25)22(18(26)20-19)10-14(24)16-9-13-6-4-5-7-15(13)28-16/h4-7,9,12,27H,2-3,8,10-11H2,1H3,(H,20,26)/t19-/m0/s1. The Morgan fingerprint density at radius 2 is 2.11 bits per heavy atom. The molecule has 1 aliphatic rings. The van der Waals surface area contributed by atoms with E-state index < -0.39 is 36.3 Å². The molecule has 0 unspecified atom stereocenters. The molecule has 1 aromatic carbocycles. The quantitative estimate of drug-likeness (QED) is 0.223. The van der Waals surface area contributed by atoms with Crippen LogP contribution in [0.2, 0.25) is 0 Å². The lowest BCUT2D eigenvalue weighted by Crippen LogP contribution is -2.54. The predicted molar refractivity (Wildman–Crippen MR) is 97.6 cm³/mol. The number of para-hydroxylation sites is 1. The highest BCUT2D eigenvalue weighted by molar-refractivity contribution is 6.11. The Balaban J connectivity index is 1.81. The first kappa shape index (κ1) is 19.6. The zero-order valence-corrected chi connectivity index (χ0v) is 15.4. The van der Waals surface area contributed by atoms with E-state index in [0.29, 0.717) is 17.1 Å². The molecule has 4 amide bonds. The minimum atomic E-state index is -1.46. The third-order valence-corrected chi connectivity index (χ3v) is 4.76. The fraction of sp³-hybridized carbons (Fsp3) is 0.368. The summed E-state index contributed by atoms with van der Waals surface area (Å²) in [5.74, 6) is -1.14. The molecule has 0 bridgehead atoms. The highest BCUT2D eigenvalue weighted by atomic mass is 16.5. The average Bonchev–Trinajstić information content (AvgIpc) is 3.21. The second-order valence-electron chi connectivity index (χ2n) is 6.78. The van der Waals surface area contributed by atoms with Gasteiger partial charge < -0.3 is 9.73 Å². The van der Waals surface area contributed by atoms with Crippen LogP contribution in [-0.4, -0.2) is 57.9 Å². The number of hydroxylamine groups is 2. The van der Waals surface area contributed by atoms with E-state index in [4.69, 9.17) is 4.42 Å². The number of ketones is 1. The summed E-state index contributed by atoms with van der Waals surface area (Å²) in [5, 5.41) is 13.2. The fourth-order valence-electron chi connectivity index (χ4n) is 3.31. The normalized spacial score (nSPS) is 19.1. The highest BCUT2D eigenvalue weighted by Gasteiger charge is 2.52. The Kier molecular flexibility index (Phi) is 5.46. The van der Waals surface area contributed by atoms with Gasteiger partial charge in [0.1, 0.15) is 11.1 Å². The summed E-state index contributed by atoms with van der Waals surface area (Å²) in [6.07, 6.45) is 1.73. The van der Waals surface area contributed by atoms with Crippen LogP contribution in [0.3, 0.4) is 0 Å². The van der Waals surface area contributed by atoms with E-state index in [-0.39, 0.29) is 18.6 Å². The number of carbonyl (C=O) groups is 4. The zero-order chi connectivity index (χ0) is 20.3. The lowest BCUT2D eigenvalue weighted by molar-refractivity contribution is -0.157. The van der Waals surface area contributed by atoms with Gasteiger partial charge in [0.15, 0.2) is 5.76 Å². The maximum absolute atomic E-state index is 12.9. The highest BCUT2D eigenvalue weighted by Crippen LogP contribution is 2.26. The number of urea groups is 1. The van der Waals surface area contributed by atoms with Crippen LogP contribution in [0.15, 0.2) is 34.7 Å². The zero-order valence-electron chi connectivity index (χ0n) is 15.4. The third kappa shape index (κ3) is 3.61. The number of furan rings is 1. The van der Waals surface area contributed by atoms with Gasteiger partial charge in [-0.15, -0.1) is 0 Å². The number of Topliss-reactive ketones (excluding diaryl/α,β-unsaturated/α-hetero) is 1. The first-order chi connectivity index (χ1) is 13.4. The van der Waals surface area contributed by atoms with Crippen molar-refractivity contribution >= 4 is 35.1 Å². The molecule has 28 heavy (non-hydrogen) atoms. The van der Waals surface area contributed by atoms with E-state index >= 15 is 0 Å². The van der Waals surface area contributed by atoms with Gasteiger partial charge in [0, 0.05) is 5.39 Å². The molecule has 1 saturated heterocycles. The average molecular weight is 387 g/mol. The van der Waals surface area contributed by atoms with Crippen LogP contribution < -0.4 is 5.32 Å². The Morgan fingerprint density at radius 3 is 2.79 bits per heavy atom. The molecule has 2 N–H and O–H groups in total. The van der Waals surface area contributed by atoms with Crippen molar-refractivity contribution in [3.8, 4) is 0 Å². The number of nitrogens with one attached hydrogen (secondary N) is 1. The Morgan fingerprint density at radius 1 is 1.36 bits per heavy atom. The van der Waals surface area contributed by atoms with Crippen molar-refractivity contribution < 1.29 is 28.8 Å². The van der Waals surface area contributed by atoms with Crippen molar-refractivity contribution in [2.45, 2.75) is 31.7 Å². The van der Waals surface area contributed by atoms with E-state index in [0.717, 1.165) is 16.7 Å². The van der Waals surface area contributed by atoms with E-state index in [1.807, 2.05) is 6.92 Å². The minimum absolute atomic E-state index is 0.0459. The molecule has 9 nitrogen and oxygen atoms in total. The van der Waals surface area contributed by atoms with Gasteiger partial charge in [0.05, 0.1) is 13.1 Å². The molecule has 0 aliphatic carbocycles. The summed E-state index contributed by atoms with van der Waals surface area (Å²) < 4.78 is 5.50. The smallest absolute Gasteiger partial charge is 0.325 e. The van der Waals surface area contributed by atoms with Gasteiger partial charge in [0.25, 0.3) is 5.91 Å². The van der Waals surface area contributed by atoms with Gasteiger partial charge in [-0.1, -0.05) is 38.0 Å². The summed E-state index contributed by atoms with van der Waals surface area (Å²) in [4.78, 5) is 49.5. The Bertz CT molecular complexity index is 890. The van der Waals surface area contributed by atoms with Crippen molar-refractivity contribution in [2.75, 3.05) is 13.1 Å². The molecule has 1 aliphatic heterocycles. The summed E-state index contributed by atoms with van der Waals surface area (Å²) >= 11 is 0. The number of fused-ring (bicyclic) bond motifs is 1. The molecule has 1 atom stereocenters. The maximum Gasteiger partial charge on any atom is 0.325 e. The van der Waals surface area contributed by atoms with E-state index in [2.05, 4.69) is 5.32 Å². The Labute approximate surface area is 160 Å². The predicted octanol–water partition coefficient (Wildman–Crippen LogP) is 1.94. The van der Waals surface area contributed by atoms with Crippen LogP contribution >= 0.6 is 0 Å². The molecule has 148 valence electrons. The van der Waals surface area contributed by atoms with Crippen LogP contribution in [0.25, 0.3) is 11.0 Å². The minimum Gasteiger partial charge on any atom is -0.453 e. The number of hydrogen-bond donors (Lipinski definition) is 2. The molecular formula is C19H21N3O6. The number of imide groups is 1. The SMILES string of the molecule is CCCC[C@@]1(CN(O)C=O)NC(=O)N(CC(=O)c2cc3ccccc3o2)C1=O. The number of rotatable bonds is 9.